The molecular weight excluding hydrogens is 267 g/mol. The van der Waals surface area contributed by atoms with E-state index in [1.807, 2.05) is 0 Å². The number of halogens is 2. The van der Waals surface area contributed by atoms with E-state index in [2.05, 4.69) is 9.80 Å². The van der Waals surface area contributed by atoms with Gasteiger partial charge in [-0.05, 0) is 44.7 Å². The Morgan fingerprint density at radius 2 is 1.67 bits per heavy atom. The number of nitrogens with zero attached hydrogens (tertiary/aromatic N) is 2. The summed E-state index contributed by atoms with van der Waals surface area (Å²) in [6.45, 7) is 5.81. The van der Waals surface area contributed by atoms with Crippen molar-refractivity contribution >= 4 is 23.2 Å². The molecule has 2 rings (SSSR count). The zero-order valence-corrected chi connectivity index (χ0v) is 12.8. The van der Waals surface area contributed by atoms with Gasteiger partial charge in [-0.15, -0.1) is 23.2 Å². The molecule has 106 valence electrons. The van der Waals surface area contributed by atoms with Gasteiger partial charge in [-0.25, -0.2) is 0 Å². The van der Waals surface area contributed by atoms with E-state index in [4.69, 9.17) is 23.2 Å². The minimum Gasteiger partial charge on any atom is -0.301 e. The molecule has 0 aromatic heterocycles. The van der Waals surface area contributed by atoms with Gasteiger partial charge in [-0.1, -0.05) is 6.42 Å². The Morgan fingerprint density at radius 1 is 0.944 bits per heavy atom. The zero-order chi connectivity index (χ0) is 12.8. The van der Waals surface area contributed by atoms with Gasteiger partial charge in [0.1, 0.15) is 0 Å². The number of piperidine rings is 2. The van der Waals surface area contributed by atoms with Crippen LogP contribution in [0.4, 0.5) is 0 Å². The van der Waals surface area contributed by atoms with Gasteiger partial charge in [0.15, 0.2) is 0 Å². The molecule has 4 heteroatoms. The molecule has 0 aromatic carbocycles. The van der Waals surface area contributed by atoms with Crippen LogP contribution < -0.4 is 0 Å². The third-order valence-electron chi connectivity index (χ3n) is 4.52. The third-order valence-corrected chi connectivity index (χ3v) is 4.86. The zero-order valence-electron chi connectivity index (χ0n) is 11.3. The lowest BCUT2D eigenvalue weighted by atomic mass is 9.83. The monoisotopic (exact) mass is 292 g/mol. The van der Waals surface area contributed by atoms with Crippen molar-refractivity contribution in [1.29, 1.82) is 0 Å². The highest BCUT2D eigenvalue weighted by atomic mass is 35.5. The van der Waals surface area contributed by atoms with Gasteiger partial charge in [-0.2, -0.15) is 0 Å². The van der Waals surface area contributed by atoms with Crippen LogP contribution in [0.2, 0.25) is 0 Å². The van der Waals surface area contributed by atoms with Crippen molar-refractivity contribution in [2.75, 3.05) is 44.5 Å². The summed E-state index contributed by atoms with van der Waals surface area (Å²) in [5.74, 6) is 2.28. The highest BCUT2D eigenvalue weighted by Gasteiger charge is 2.33. The van der Waals surface area contributed by atoms with Crippen LogP contribution in [0, 0.1) is 5.92 Å². The maximum Gasteiger partial charge on any atom is 0.0351 e. The van der Waals surface area contributed by atoms with Crippen LogP contribution >= 0.6 is 23.2 Å². The molecule has 0 bridgehead atoms. The summed E-state index contributed by atoms with van der Waals surface area (Å²) < 4.78 is 0. The van der Waals surface area contributed by atoms with Crippen molar-refractivity contribution in [1.82, 2.24) is 9.80 Å². The van der Waals surface area contributed by atoms with Gasteiger partial charge in [0.05, 0.1) is 0 Å². The van der Waals surface area contributed by atoms with E-state index in [0.717, 1.165) is 36.8 Å². The lowest BCUT2D eigenvalue weighted by molar-refractivity contribution is 0.0424. The number of hydrogen-bond acceptors (Lipinski definition) is 2. The number of rotatable bonds is 6. The van der Waals surface area contributed by atoms with E-state index in [-0.39, 0.29) is 0 Å². The molecule has 2 saturated heterocycles. The molecule has 0 aromatic rings. The average molecular weight is 293 g/mol. The molecule has 0 radical (unpaired) electrons. The summed E-state index contributed by atoms with van der Waals surface area (Å²) in [4.78, 5) is 5.19. The molecule has 0 N–H and O–H groups in total. The Balaban J connectivity index is 1.88. The van der Waals surface area contributed by atoms with Crippen molar-refractivity contribution < 1.29 is 0 Å². The summed E-state index contributed by atoms with van der Waals surface area (Å²) in [6, 6.07) is 0.834. The van der Waals surface area contributed by atoms with Crippen LogP contribution in [0.15, 0.2) is 0 Å². The van der Waals surface area contributed by atoms with Crippen LogP contribution in [0.3, 0.4) is 0 Å². The standard InChI is InChI=1S/C14H26Cl2N2/c15-6-10-17(11-7-16)12-13-4-3-9-18-8-2-1-5-14(13)18/h13-14H,1-12H2/t13-,14+/m1/s1. The Bertz CT molecular complexity index is 230. The summed E-state index contributed by atoms with van der Waals surface area (Å²) >= 11 is 11.8. The molecule has 18 heavy (non-hydrogen) atoms. The van der Waals surface area contributed by atoms with Crippen molar-refractivity contribution in [3.8, 4) is 0 Å². The minimum atomic E-state index is 0.720. The molecule has 0 unspecified atom stereocenters. The van der Waals surface area contributed by atoms with Crippen LogP contribution in [-0.4, -0.2) is 60.3 Å². The predicted octanol–water partition coefficient (Wildman–Crippen LogP) is 3.03. The van der Waals surface area contributed by atoms with Gasteiger partial charge < -0.3 is 9.80 Å². The summed E-state index contributed by atoms with van der Waals surface area (Å²) in [6.07, 6.45) is 6.98. The second-order valence-electron chi connectivity index (χ2n) is 5.68. The topological polar surface area (TPSA) is 6.48 Å². The van der Waals surface area contributed by atoms with E-state index in [1.54, 1.807) is 0 Å². The van der Waals surface area contributed by atoms with Crippen LogP contribution in [0.25, 0.3) is 0 Å². The SMILES string of the molecule is ClCCN(CCCl)C[C@H]1CCCN2CCCC[C@@H]12. The highest BCUT2D eigenvalue weighted by molar-refractivity contribution is 6.18. The van der Waals surface area contributed by atoms with E-state index in [0.29, 0.717) is 0 Å². The first-order chi connectivity index (χ1) is 8.85. The molecule has 0 amide bonds. The third kappa shape index (κ3) is 4.00. The summed E-state index contributed by atoms with van der Waals surface area (Å²) in [5, 5.41) is 0. The fraction of sp³-hybridized carbons (Fsp3) is 1.00. The van der Waals surface area contributed by atoms with Crippen molar-refractivity contribution in [2.24, 2.45) is 5.92 Å². The molecule has 0 saturated carbocycles. The van der Waals surface area contributed by atoms with Crippen LogP contribution in [0.5, 0.6) is 0 Å². The molecule has 2 nitrogen and oxygen atoms in total. The Kier molecular flexibility index (Phi) is 6.57. The smallest absolute Gasteiger partial charge is 0.0351 e. The maximum atomic E-state index is 5.89. The molecular formula is C14H26Cl2N2. The van der Waals surface area contributed by atoms with E-state index in [9.17, 15) is 0 Å². The molecule has 2 fully saturated rings. The average Bonchev–Trinajstić information content (AvgIpc) is 2.40. The second-order valence-corrected chi connectivity index (χ2v) is 6.44. The van der Waals surface area contributed by atoms with Gasteiger partial charge >= 0.3 is 0 Å². The van der Waals surface area contributed by atoms with Crippen molar-refractivity contribution in [2.45, 2.75) is 38.1 Å². The second kappa shape index (κ2) is 7.94. The van der Waals surface area contributed by atoms with Crippen molar-refractivity contribution in [3.05, 3.63) is 0 Å². The van der Waals surface area contributed by atoms with Gasteiger partial charge in [-0.3, -0.25) is 0 Å². The molecule has 2 aliphatic rings. The van der Waals surface area contributed by atoms with Crippen LogP contribution in [-0.2, 0) is 0 Å². The summed E-state index contributed by atoms with van der Waals surface area (Å²) in [7, 11) is 0. The van der Waals surface area contributed by atoms with E-state index >= 15 is 0 Å². The predicted molar refractivity (Wildman–Crippen MR) is 79.8 cm³/mol. The van der Waals surface area contributed by atoms with Crippen molar-refractivity contribution in [3.63, 3.8) is 0 Å². The quantitative estimate of drug-likeness (QED) is 0.695. The Hall–Kier alpha value is 0.500. The molecule has 2 aliphatic heterocycles. The lowest BCUT2D eigenvalue weighted by Crippen LogP contribution is -2.51. The van der Waals surface area contributed by atoms with Gasteiger partial charge in [0, 0.05) is 37.4 Å². The lowest BCUT2D eigenvalue weighted by Gasteiger charge is -2.45. The number of fused-ring (bicyclic) bond motifs is 1. The molecule has 0 spiro atoms. The Labute approximate surface area is 122 Å². The molecule has 2 heterocycles. The first-order valence-electron chi connectivity index (χ1n) is 7.43. The number of alkyl halides is 2. The van der Waals surface area contributed by atoms with E-state index in [1.165, 1.54) is 51.7 Å². The maximum absolute atomic E-state index is 5.89. The van der Waals surface area contributed by atoms with Gasteiger partial charge in [0.25, 0.3) is 0 Å². The minimum absolute atomic E-state index is 0.720. The molecule has 0 aliphatic carbocycles. The fourth-order valence-corrected chi connectivity index (χ4v) is 4.13. The number of hydrogen-bond donors (Lipinski definition) is 0. The normalized spacial score (nSPS) is 29.5. The van der Waals surface area contributed by atoms with Gasteiger partial charge in [0.2, 0.25) is 0 Å². The largest absolute Gasteiger partial charge is 0.301 e. The van der Waals surface area contributed by atoms with E-state index < -0.39 is 0 Å². The molecule has 2 atom stereocenters. The van der Waals surface area contributed by atoms with Crippen LogP contribution in [0.1, 0.15) is 32.1 Å². The first-order valence-corrected chi connectivity index (χ1v) is 8.50. The summed E-state index contributed by atoms with van der Waals surface area (Å²) in [5.41, 5.74) is 0. The highest BCUT2D eigenvalue weighted by Crippen LogP contribution is 2.31. The fourth-order valence-electron chi connectivity index (χ4n) is 3.66. The Morgan fingerprint density at radius 3 is 2.39 bits per heavy atom. The first kappa shape index (κ1) is 14.9.